The summed E-state index contributed by atoms with van der Waals surface area (Å²) in [6, 6.07) is 12.3. The van der Waals surface area contributed by atoms with Crippen molar-refractivity contribution in [3.63, 3.8) is 0 Å². The second kappa shape index (κ2) is 7.01. The summed E-state index contributed by atoms with van der Waals surface area (Å²) in [5.41, 5.74) is -1.98. The van der Waals surface area contributed by atoms with Gasteiger partial charge in [-0.05, 0) is 50.1 Å². The molecule has 1 N–H and O–H groups in total. The molecule has 6 heteroatoms. The zero-order valence-corrected chi connectivity index (χ0v) is 17.3. The summed E-state index contributed by atoms with van der Waals surface area (Å²) in [6.07, 6.45) is 4.92. The lowest BCUT2D eigenvalue weighted by molar-refractivity contribution is -0.149. The molecule has 1 amide bonds. The topological polar surface area (TPSA) is 72.5 Å². The zero-order chi connectivity index (χ0) is 21.8. The smallest absolute Gasteiger partial charge is 0.328 e. The summed E-state index contributed by atoms with van der Waals surface area (Å²) < 4.78 is 19.0. The van der Waals surface area contributed by atoms with Gasteiger partial charge < -0.3 is 10.1 Å². The number of rotatable bonds is 4. The van der Waals surface area contributed by atoms with Crippen LogP contribution in [0, 0.1) is 16.6 Å². The fraction of sp³-hybridized carbons (Fsp3) is 0.400. The molecular formula is C25H24FNO4. The first-order valence-corrected chi connectivity index (χ1v) is 10.8. The highest BCUT2D eigenvalue weighted by Crippen LogP contribution is 2.78. The maximum absolute atomic E-state index is 13.7. The number of ketones is 1. The number of esters is 1. The Balaban J connectivity index is 1.59. The molecule has 31 heavy (non-hydrogen) atoms. The summed E-state index contributed by atoms with van der Waals surface area (Å²) in [4.78, 5) is 40.6. The Morgan fingerprint density at radius 2 is 1.71 bits per heavy atom. The fourth-order valence-corrected chi connectivity index (χ4v) is 5.70. The average Bonchev–Trinajstić information content (AvgIpc) is 3.38. The number of Topliss-reactive ketones (excluding diaryl/α,β-unsaturated/α-hetero) is 1. The lowest BCUT2D eigenvalue weighted by Gasteiger charge is -2.28. The summed E-state index contributed by atoms with van der Waals surface area (Å²) in [6.45, 7) is 1.66. The van der Waals surface area contributed by atoms with Crippen molar-refractivity contribution in [2.45, 2.75) is 51.0 Å². The van der Waals surface area contributed by atoms with Gasteiger partial charge in [0.05, 0.1) is 5.41 Å². The first-order valence-electron chi connectivity index (χ1n) is 10.8. The summed E-state index contributed by atoms with van der Waals surface area (Å²) in [7, 11) is 0. The van der Waals surface area contributed by atoms with Crippen LogP contribution in [0.15, 0.2) is 48.5 Å². The van der Waals surface area contributed by atoms with Gasteiger partial charge in [-0.25, -0.2) is 4.39 Å². The van der Waals surface area contributed by atoms with Crippen molar-refractivity contribution in [1.82, 2.24) is 5.32 Å². The van der Waals surface area contributed by atoms with Crippen molar-refractivity contribution in [2.75, 3.05) is 0 Å². The molecule has 0 saturated heterocycles. The number of amides is 1. The summed E-state index contributed by atoms with van der Waals surface area (Å²) >= 11 is 0. The minimum Gasteiger partial charge on any atom is -0.425 e. The summed E-state index contributed by atoms with van der Waals surface area (Å²) in [5.74, 6) is -2.19. The third-order valence-corrected chi connectivity index (χ3v) is 7.38. The van der Waals surface area contributed by atoms with Crippen LogP contribution in [0.4, 0.5) is 4.39 Å². The molecule has 0 unspecified atom stereocenters. The number of ether oxygens (including phenoxy) is 1. The highest BCUT2D eigenvalue weighted by atomic mass is 19.1. The van der Waals surface area contributed by atoms with Gasteiger partial charge in [0.15, 0.2) is 11.2 Å². The van der Waals surface area contributed by atoms with Crippen molar-refractivity contribution in [1.29, 1.82) is 0 Å². The van der Waals surface area contributed by atoms with Crippen molar-refractivity contribution in [2.24, 2.45) is 10.8 Å². The van der Waals surface area contributed by atoms with Crippen LogP contribution in [0.3, 0.4) is 0 Å². The molecule has 1 aliphatic heterocycles. The van der Waals surface area contributed by atoms with Crippen molar-refractivity contribution in [3.05, 3.63) is 65.5 Å². The second-order valence-corrected chi connectivity index (χ2v) is 9.02. The molecule has 160 valence electrons. The van der Waals surface area contributed by atoms with Gasteiger partial charge in [-0.1, -0.05) is 37.5 Å². The predicted molar refractivity (Wildman–Crippen MR) is 111 cm³/mol. The molecule has 3 atom stereocenters. The predicted octanol–water partition coefficient (Wildman–Crippen LogP) is 4.17. The van der Waals surface area contributed by atoms with E-state index in [1.807, 2.05) is 6.07 Å². The van der Waals surface area contributed by atoms with E-state index in [0.717, 1.165) is 32.1 Å². The normalized spacial score (nSPS) is 29.4. The Kier molecular flexibility index (Phi) is 4.50. The van der Waals surface area contributed by atoms with Gasteiger partial charge in [-0.3, -0.25) is 14.4 Å². The minimum absolute atomic E-state index is 0.00739. The fourth-order valence-electron chi connectivity index (χ4n) is 5.70. The van der Waals surface area contributed by atoms with Crippen LogP contribution in [0.25, 0.3) is 0 Å². The number of hydrogen-bond acceptors (Lipinski definition) is 4. The molecule has 0 aromatic heterocycles. The molecule has 5 nitrogen and oxygen atoms in total. The molecule has 2 aromatic rings. The first-order chi connectivity index (χ1) is 14.9. The lowest BCUT2D eigenvalue weighted by Crippen LogP contribution is -2.49. The first kappa shape index (κ1) is 19.9. The minimum atomic E-state index is -1.62. The van der Waals surface area contributed by atoms with Crippen LogP contribution in [0.1, 0.15) is 60.9 Å². The molecule has 1 heterocycles. The maximum Gasteiger partial charge on any atom is 0.328 e. The molecule has 0 spiro atoms. The Hall–Kier alpha value is -3.02. The van der Waals surface area contributed by atoms with Crippen LogP contribution < -0.4 is 10.1 Å². The van der Waals surface area contributed by atoms with Gasteiger partial charge >= 0.3 is 5.97 Å². The van der Waals surface area contributed by atoms with E-state index in [4.69, 9.17) is 4.74 Å². The molecule has 2 saturated carbocycles. The number of carbonyl (C=O) groups is 3. The zero-order valence-electron chi connectivity index (χ0n) is 17.3. The molecule has 0 radical (unpaired) electrons. The van der Waals surface area contributed by atoms with Crippen LogP contribution in [-0.2, 0) is 9.59 Å². The highest BCUT2D eigenvalue weighted by Gasteiger charge is 2.88. The number of benzene rings is 2. The van der Waals surface area contributed by atoms with Crippen LogP contribution in [-0.4, -0.2) is 23.7 Å². The Bertz CT molecular complexity index is 1080. The van der Waals surface area contributed by atoms with Crippen molar-refractivity contribution < 1.29 is 23.5 Å². The third-order valence-electron chi connectivity index (χ3n) is 7.38. The molecule has 2 fully saturated rings. The molecule has 5 rings (SSSR count). The molecule has 3 aliphatic rings. The van der Waals surface area contributed by atoms with Gasteiger partial charge in [0.25, 0.3) is 0 Å². The van der Waals surface area contributed by atoms with Gasteiger partial charge in [-0.2, -0.15) is 0 Å². The van der Waals surface area contributed by atoms with Gasteiger partial charge in [0.2, 0.25) is 5.91 Å². The Morgan fingerprint density at radius 1 is 1.03 bits per heavy atom. The summed E-state index contributed by atoms with van der Waals surface area (Å²) in [5, 5.41) is 3.05. The third kappa shape index (κ3) is 2.70. The van der Waals surface area contributed by atoms with Gasteiger partial charge in [-0.15, -0.1) is 0 Å². The number of hydrogen-bond donors (Lipinski definition) is 1. The van der Waals surface area contributed by atoms with E-state index in [2.05, 4.69) is 5.32 Å². The molecule has 0 bridgehead atoms. The van der Waals surface area contributed by atoms with E-state index in [1.165, 1.54) is 24.3 Å². The Labute approximate surface area is 180 Å². The van der Waals surface area contributed by atoms with Gasteiger partial charge in [0.1, 0.15) is 11.6 Å². The van der Waals surface area contributed by atoms with Gasteiger partial charge in [0, 0.05) is 23.1 Å². The second-order valence-electron chi connectivity index (χ2n) is 9.02. The number of nitrogens with one attached hydrogen (secondary N) is 1. The monoisotopic (exact) mass is 421 g/mol. The van der Waals surface area contributed by atoms with E-state index in [1.54, 1.807) is 25.1 Å². The SMILES string of the molecule is C[C@]1(C(=O)c2ccc(F)cc2)[C@@H]2c3ccccc3OC(=O)[C@@]21C(=O)NC1CCCCC1. The van der Waals surface area contributed by atoms with Crippen LogP contribution in [0.2, 0.25) is 0 Å². The average molecular weight is 421 g/mol. The van der Waals surface area contributed by atoms with Crippen molar-refractivity contribution >= 4 is 17.7 Å². The van der Waals surface area contributed by atoms with E-state index in [9.17, 15) is 18.8 Å². The number of carbonyl (C=O) groups excluding carboxylic acids is 3. The molecular weight excluding hydrogens is 397 g/mol. The van der Waals surface area contributed by atoms with E-state index in [-0.39, 0.29) is 17.4 Å². The highest BCUT2D eigenvalue weighted by molar-refractivity contribution is 6.21. The Morgan fingerprint density at radius 3 is 2.42 bits per heavy atom. The largest absolute Gasteiger partial charge is 0.425 e. The quantitative estimate of drug-likeness (QED) is 0.348. The maximum atomic E-state index is 13.7. The standard InChI is InChI=1S/C25H24FNO4/c1-24(21(28)15-11-13-16(26)14-12-15)20-18-9-5-6-10-19(18)31-23(30)25(20,24)22(29)27-17-7-3-2-4-8-17/h5-6,9-14,17,20H,2-4,7-8H2,1H3,(H,27,29)/t20-,24+,25-/m0/s1. The van der Waals surface area contributed by atoms with Crippen LogP contribution in [0.5, 0.6) is 5.75 Å². The molecule has 2 aliphatic carbocycles. The van der Waals surface area contributed by atoms with E-state index >= 15 is 0 Å². The molecule has 2 aromatic carbocycles. The van der Waals surface area contributed by atoms with Crippen LogP contribution >= 0.6 is 0 Å². The number of para-hydroxylation sites is 1. The van der Waals surface area contributed by atoms with Crippen molar-refractivity contribution in [3.8, 4) is 5.75 Å². The number of halogens is 1. The number of fused-ring (bicyclic) bond motifs is 3. The van der Waals surface area contributed by atoms with E-state index in [0.29, 0.717) is 11.3 Å². The lowest BCUT2D eigenvalue weighted by atomic mass is 9.85. The van der Waals surface area contributed by atoms with E-state index < -0.39 is 34.4 Å².